The molecule has 1 unspecified atom stereocenters. The third-order valence-corrected chi connectivity index (χ3v) is 2.51. The number of nitrogens with one attached hydrogen (secondary N) is 1. The molecule has 1 atom stereocenters. The van der Waals surface area contributed by atoms with E-state index in [1.807, 2.05) is 6.07 Å². The number of aliphatic hydroxyl groups is 1. The maximum Gasteiger partial charge on any atom is 0.124 e. The van der Waals surface area contributed by atoms with Crippen LogP contribution in [0.15, 0.2) is 16.6 Å². The summed E-state index contributed by atoms with van der Waals surface area (Å²) in [4.78, 5) is 0. The van der Waals surface area contributed by atoms with Crippen LogP contribution in [0.2, 0.25) is 0 Å². The average molecular weight is 260 g/mol. The highest BCUT2D eigenvalue weighted by molar-refractivity contribution is 9.10. The monoisotopic (exact) mass is 259 g/mol. The number of phenols is 1. The second-order valence-electron chi connectivity index (χ2n) is 3.23. The number of likely N-dealkylation sites (N-methyl/N-ethyl adjacent to an activating group) is 1. The number of hydrogen-bond donors (Lipinski definition) is 3. The summed E-state index contributed by atoms with van der Waals surface area (Å²) in [6.45, 7) is 2.22. The van der Waals surface area contributed by atoms with Crippen LogP contribution in [0.25, 0.3) is 0 Å². The van der Waals surface area contributed by atoms with Crippen LogP contribution >= 0.6 is 15.9 Å². The minimum absolute atomic E-state index is 0.163. The Labute approximate surface area is 91.9 Å². The summed E-state index contributed by atoms with van der Waals surface area (Å²) in [5, 5.41) is 22.3. The van der Waals surface area contributed by atoms with Gasteiger partial charge in [0, 0.05) is 16.6 Å². The van der Waals surface area contributed by atoms with Gasteiger partial charge in [0.15, 0.2) is 0 Å². The van der Waals surface area contributed by atoms with Gasteiger partial charge < -0.3 is 15.5 Å². The molecule has 0 radical (unpaired) electrons. The van der Waals surface area contributed by atoms with Crippen molar-refractivity contribution in [3.05, 3.63) is 27.7 Å². The molecule has 4 heteroatoms. The van der Waals surface area contributed by atoms with E-state index in [1.165, 1.54) is 0 Å². The van der Waals surface area contributed by atoms with Crippen molar-refractivity contribution in [1.82, 2.24) is 5.32 Å². The quantitative estimate of drug-likeness (QED) is 0.775. The van der Waals surface area contributed by atoms with Gasteiger partial charge in [0.1, 0.15) is 5.75 Å². The molecule has 0 aliphatic heterocycles. The fraction of sp³-hybridized carbons (Fsp3) is 0.400. The lowest BCUT2D eigenvalue weighted by atomic mass is 10.0. The van der Waals surface area contributed by atoms with E-state index in [4.69, 9.17) is 0 Å². The predicted molar refractivity (Wildman–Crippen MR) is 59.4 cm³/mol. The van der Waals surface area contributed by atoms with E-state index in [0.29, 0.717) is 12.1 Å². The minimum atomic E-state index is -0.684. The molecule has 0 amide bonds. The Kier molecular flexibility index (Phi) is 3.92. The van der Waals surface area contributed by atoms with Gasteiger partial charge in [0.05, 0.1) is 6.10 Å². The van der Waals surface area contributed by atoms with E-state index >= 15 is 0 Å². The van der Waals surface area contributed by atoms with Crippen LogP contribution in [-0.2, 0) is 0 Å². The molecule has 0 aliphatic carbocycles. The van der Waals surface area contributed by atoms with Gasteiger partial charge in [-0.1, -0.05) is 15.9 Å². The van der Waals surface area contributed by atoms with Crippen molar-refractivity contribution in [2.24, 2.45) is 0 Å². The van der Waals surface area contributed by atoms with Gasteiger partial charge in [-0.05, 0) is 31.7 Å². The molecule has 0 spiro atoms. The molecule has 1 aromatic rings. The fourth-order valence-electron chi connectivity index (χ4n) is 1.32. The molecular weight excluding hydrogens is 246 g/mol. The predicted octanol–water partition coefficient (Wildman–Crippen LogP) is 1.72. The lowest BCUT2D eigenvalue weighted by Crippen LogP contribution is -2.16. The summed E-state index contributed by atoms with van der Waals surface area (Å²) in [6.07, 6.45) is -0.684. The summed E-state index contributed by atoms with van der Waals surface area (Å²) in [7, 11) is 1.76. The van der Waals surface area contributed by atoms with Crippen molar-refractivity contribution in [2.75, 3.05) is 13.6 Å². The van der Waals surface area contributed by atoms with E-state index in [1.54, 1.807) is 20.0 Å². The molecule has 0 bridgehead atoms. The summed E-state index contributed by atoms with van der Waals surface area (Å²) in [5.41, 5.74) is 1.30. The number of aryl methyl sites for hydroxylation is 1. The molecule has 3 N–H and O–H groups in total. The largest absolute Gasteiger partial charge is 0.507 e. The number of phenolic OH excluding ortho intramolecular Hbond substituents is 1. The van der Waals surface area contributed by atoms with E-state index < -0.39 is 6.10 Å². The Morgan fingerprint density at radius 1 is 1.50 bits per heavy atom. The number of aromatic hydroxyl groups is 1. The van der Waals surface area contributed by atoms with Gasteiger partial charge in [-0.25, -0.2) is 0 Å². The smallest absolute Gasteiger partial charge is 0.124 e. The topological polar surface area (TPSA) is 52.5 Å². The maximum absolute atomic E-state index is 9.71. The van der Waals surface area contributed by atoms with E-state index in [2.05, 4.69) is 21.2 Å². The van der Waals surface area contributed by atoms with E-state index in [0.717, 1.165) is 10.0 Å². The zero-order chi connectivity index (χ0) is 10.7. The first-order valence-corrected chi connectivity index (χ1v) is 5.17. The standard InChI is InChI=1S/C10H14BrNO2/c1-6-3-7(11)4-8(10(6)14)9(13)5-12-2/h3-4,9,12-14H,5H2,1-2H3. The summed E-state index contributed by atoms with van der Waals surface area (Å²) in [6, 6.07) is 3.54. The molecule has 0 heterocycles. The molecule has 1 rings (SSSR count). The van der Waals surface area contributed by atoms with Crippen molar-refractivity contribution in [2.45, 2.75) is 13.0 Å². The Hall–Kier alpha value is -0.580. The van der Waals surface area contributed by atoms with Crippen LogP contribution in [0.4, 0.5) is 0 Å². The van der Waals surface area contributed by atoms with Crippen LogP contribution < -0.4 is 5.32 Å². The molecule has 1 aromatic carbocycles. The zero-order valence-corrected chi connectivity index (χ0v) is 9.80. The summed E-state index contributed by atoms with van der Waals surface area (Å²) < 4.78 is 0.859. The molecular formula is C10H14BrNO2. The fourth-order valence-corrected chi connectivity index (χ4v) is 1.91. The SMILES string of the molecule is CNCC(O)c1cc(Br)cc(C)c1O. The van der Waals surface area contributed by atoms with E-state index in [9.17, 15) is 10.2 Å². The highest BCUT2D eigenvalue weighted by Crippen LogP contribution is 2.30. The highest BCUT2D eigenvalue weighted by Gasteiger charge is 2.13. The normalized spacial score (nSPS) is 12.9. The number of aliphatic hydroxyl groups excluding tert-OH is 1. The Balaban J connectivity index is 3.07. The van der Waals surface area contributed by atoms with Crippen molar-refractivity contribution in [3.8, 4) is 5.75 Å². The van der Waals surface area contributed by atoms with Crippen molar-refractivity contribution >= 4 is 15.9 Å². The van der Waals surface area contributed by atoms with Crippen molar-refractivity contribution in [3.63, 3.8) is 0 Å². The van der Waals surface area contributed by atoms with Crippen LogP contribution in [0.3, 0.4) is 0 Å². The Morgan fingerprint density at radius 3 is 2.71 bits per heavy atom. The average Bonchev–Trinajstić information content (AvgIpc) is 2.11. The van der Waals surface area contributed by atoms with Gasteiger partial charge in [-0.3, -0.25) is 0 Å². The Bertz CT molecular complexity index is 328. The van der Waals surface area contributed by atoms with Crippen LogP contribution in [-0.4, -0.2) is 23.8 Å². The number of halogens is 1. The van der Waals surface area contributed by atoms with Crippen LogP contribution in [0.1, 0.15) is 17.2 Å². The van der Waals surface area contributed by atoms with Crippen LogP contribution in [0.5, 0.6) is 5.75 Å². The first-order chi connectivity index (χ1) is 6.56. The maximum atomic E-state index is 9.71. The highest BCUT2D eigenvalue weighted by atomic mass is 79.9. The summed E-state index contributed by atoms with van der Waals surface area (Å²) in [5.74, 6) is 0.163. The molecule has 78 valence electrons. The van der Waals surface area contributed by atoms with Gasteiger partial charge >= 0.3 is 0 Å². The van der Waals surface area contributed by atoms with Crippen LogP contribution in [0, 0.1) is 6.92 Å². The van der Waals surface area contributed by atoms with Gasteiger partial charge in [0.25, 0.3) is 0 Å². The third kappa shape index (κ3) is 2.47. The zero-order valence-electron chi connectivity index (χ0n) is 8.21. The molecule has 0 fully saturated rings. The van der Waals surface area contributed by atoms with Gasteiger partial charge in [-0.2, -0.15) is 0 Å². The third-order valence-electron chi connectivity index (χ3n) is 2.05. The van der Waals surface area contributed by atoms with E-state index in [-0.39, 0.29) is 5.75 Å². The number of rotatable bonds is 3. The second-order valence-corrected chi connectivity index (χ2v) is 4.15. The van der Waals surface area contributed by atoms with Crippen molar-refractivity contribution in [1.29, 1.82) is 0 Å². The Morgan fingerprint density at radius 2 is 2.14 bits per heavy atom. The molecule has 0 aromatic heterocycles. The van der Waals surface area contributed by atoms with Gasteiger partial charge in [-0.15, -0.1) is 0 Å². The lowest BCUT2D eigenvalue weighted by Gasteiger charge is -2.14. The summed E-state index contributed by atoms with van der Waals surface area (Å²) >= 11 is 3.32. The molecule has 0 saturated carbocycles. The number of benzene rings is 1. The first-order valence-electron chi connectivity index (χ1n) is 4.38. The second kappa shape index (κ2) is 4.77. The molecule has 0 saturated heterocycles. The molecule has 3 nitrogen and oxygen atoms in total. The number of hydrogen-bond acceptors (Lipinski definition) is 3. The lowest BCUT2D eigenvalue weighted by molar-refractivity contribution is 0.173. The van der Waals surface area contributed by atoms with Crippen molar-refractivity contribution < 1.29 is 10.2 Å². The molecule has 14 heavy (non-hydrogen) atoms. The molecule has 0 aliphatic rings. The first kappa shape index (κ1) is 11.5. The van der Waals surface area contributed by atoms with Gasteiger partial charge in [0.2, 0.25) is 0 Å². The minimum Gasteiger partial charge on any atom is -0.507 e.